The lowest BCUT2D eigenvalue weighted by atomic mass is 10.0. The molecule has 1 aromatic rings. The number of aromatic nitrogens is 1. The van der Waals surface area contributed by atoms with Crippen molar-refractivity contribution in [3.8, 4) is 0 Å². The smallest absolute Gasteiger partial charge is 0.0795 e. The van der Waals surface area contributed by atoms with Crippen LogP contribution in [-0.4, -0.2) is 29.5 Å². The second kappa shape index (κ2) is 5.44. The van der Waals surface area contributed by atoms with Crippen LogP contribution in [0.1, 0.15) is 19.5 Å². The fourth-order valence-electron chi connectivity index (χ4n) is 1.35. The van der Waals surface area contributed by atoms with Crippen molar-refractivity contribution in [2.75, 3.05) is 13.6 Å². The molecule has 1 rings (SSSR count). The maximum atomic E-state index is 5.64. The van der Waals surface area contributed by atoms with Crippen molar-refractivity contribution in [2.45, 2.75) is 26.4 Å². The average Bonchev–Trinajstić information content (AvgIpc) is 2.68. The maximum absolute atomic E-state index is 5.64. The van der Waals surface area contributed by atoms with Crippen LogP contribution >= 0.6 is 11.3 Å². The van der Waals surface area contributed by atoms with Crippen molar-refractivity contribution in [1.29, 1.82) is 0 Å². The topological polar surface area (TPSA) is 42.1 Å². The molecule has 0 amide bonds. The third kappa shape index (κ3) is 3.04. The van der Waals surface area contributed by atoms with E-state index in [0.29, 0.717) is 12.0 Å². The minimum Gasteiger partial charge on any atom is -0.330 e. The highest BCUT2D eigenvalue weighted by atomic mass is 32.1. The molecule has 2 atom stereocenters. The van der Waals surface area contributed by atoms with E-state index in [1.807, 2.05) is 5.51 Å². The molecule has 2 N–H and O–H groups in total. The molecule has 80 valence electrons. The minimum absolute atomic E-state index is 0.502. The van der Waals surface area contributed by atoms with Gasteiger partial charge < -0.3 is 5.73 Å². The Kier molecular flexibility index (Phi) is 4.51. The quantitative estimate of drug-likeness (QED) is 0.807. The van der Waals surface area contributed by atoms with E-state index in [-0.39, 0.29) is 0 Å². The Hall–Kier alpha value is -0.450. The van der Waals surface area contributed by atoms with Gasteiger partial charge in [0.15, 0.2) is 0 Å². The van der Waals surface area contributed by atoms with Gasteiger partial charge in [0.2, 0.25) is 0 Å². The number of hydrogen-bond donors (Lipinski definition) is 1. The van der Waals surface area contributed by atoms with Crippen LogP contribution < -0.4 is 5.73 Å². The summed E-state index contributed by atoms with van der Waals surface area (Å²) in [6.07, 6.45) is 0. The van der Waals surface area contributed by atoms with E-state index in [1.54, 1.807) is 11.3 Å². The third-order valence-electron chi connectivity index (χ3n) is 2.79. The molecule has 0 radical (unpaired) electrons. The average molecular weight is 213 g/mol. The zero-order valence-corrected chi connectivity index (χ0v) is 9.92. The highest BCUT2D eigenvalue weighted by molar-refractivity contribution is 7.07. The fraction of sp³-hybridized carbons (Fsp3) is 0.700. The second-order valence-electron chi connectivity index (χ2n) is 3.85. The number of nitrogens with two attached hydrogens (primary N) is 1. The van der Waals surface area contributed by atoms with Crippen LogP contribution in [0.2, 0.25) is 0 Å². The molecule has 0 bridgehead atoms. The summed E-state index contributed by atoms with van der Waals surface area (Å²) in [6.45, 7) is 6.05. The largest absolute Gasteiger partial charge is 0.330 e. The first-order chi connectivity index (χ1) is 6.65. The standard InChI is InChI=1S/C10H19N3S/c1-8(4-11)9(2)13(3)5-10-6-14-7-12-10/h6-9H,4-5,11H2,1-3H3. The monoisotopic (exact) mass is 213 g/mol. The van der Waals surface area contributed by atoms with E-state index < -0.39 is 0 Å². The molecular weight excluding hydrogens is 194 g/mol. The molecule has 0 saturated carbocycles. The second-order valence-corrected chi connectivity index (χ2v) is 4.57. The van der Waals surface area contributed by atoms with Gasteiger partial charge in [0.05, 0.1) is 11.2 Å². The van der Waals surface area contributed by atoms with Crippen LogP contribution in [0.4, 0.5) is 0 Å². The molecule has 0 fully saturated rings. The Morgan fingerprint density at radius 3 is 2.79 bits per heavy atom. The molecule has 0 aliphatic heterocycles. The third-order valence-corrected chi connectivity index (χ3v) is 3.42. The summed E-state index contributed by atoms with van der Waals surface area (Å²) in [7, 11) is 2.12. The Labute approximate surface area is 89.9 Å². The highest BCUT2D eigenvalue weighted by Crippen LogP contribution is 2.11. The molecule has 0 aromatic carbocycles. The molecule has 1 heterocycles. The van der Waals surface area contributed by atoms with Gasteiger partial charge in [-0.1, -0.05) is 6.92 Å². The van der Waals surface area contributed by atoms with E-state index in [1.165, 1.54) is 0 Å². The number of nitrogens with zero attached hydrogens (tertiary/aromatic N) is 2. The van der Waals surface area contributed by atoms with Crippen LogP contribution in [0.3, 0.4) is 0 Å². The van der Waals surface area contributed by atoms with Crippen molar-refractivity contribution >= 4 is 11.3 Å². The number of hydrogen-bond acceptors (Lipinski definition) is 4. The normalized spacial score (nSPS) is 15.8. The first-order valence-electron chi connectivity index (χ1n) is 4.92. The van der Waals surface area contributed by atoms with Crippen molar-refractivity contribution in [2.24, 2.45) is 11.7 Å². The predicted molar refractivity (Wildman–Crippen MR) is 61.3 cm³/mol. The van der Waals surface area contributed by atoms with Gasteiger partial charge in [0.25, 0.3) is 0 Å². The van der Waals surface area contributed by atoms with E-state index in [4.69, 9.17) is 5.73 Å². The fourth-order valence-corrected chi connectivity index (χ4v) is 1.90. The van der Waals surface area contributed by atoms with Crippen molar-refractivity contribution in [3.63, 3.8) is 0 Å². The van der Waals surface area contributed by atoms with Crippen LogP contribution in [0.5, 0.6) is 0 Å². The molecule has 14 heavy (non-hydrogen) atoms. The van der Waals surface area contributed by atoms with Gasteiger partial charge in [0.1, 0.15) is 0 Å². The van der Waals surface area contributed by atoms with Crippen LogP contribution in [0.25, 0.3) is 0 Å². The van der Waals surface area contributed by atoms with Gasteiger partial charge in [-0.05, 0) is 26.4 Å². The summed E-state index contributed by atoms with van der Waals surface area (Å²) in [6, 6.07) is 0.502. The van der Waals surface area contributed by atoms with Crippen LogP contribution in [0.15, 0.2) is 10.9 Å². The summed E-state index contributed by atoms with van der Waals surface area (Å²) >= 11 is 1.64. The summed E-state index contributed by atoms with van der Waals surface area (Å²) in [4.78, 5) is 6.57. The van der Waals surface area contributed by atoms with Crippen LogP contribution in [-0.2, 0) is 6.54 Å². The molecule has 0 saturated heterocycles. The molecule has 0 spiro atoms. The number of rotatable bonds is 5. The molecule has 4 heteroatoms. The summed E-state index contributed by atoms with van der Waals surface area (Å²) in [5.74, 6) is 0.527. The van der Waals surface area contributed by atoms with Crippen LogP contribution in [0, 0.1) is 5.92 Å². The Morgan fingerprint density at radius 1 is 1.57 bits per heavy atom. The van der Waals surface area contributed by atoms with Gasteiger partial charge in [-0.25, -0.2) is 4.98 Å². The van der Waals surface area contributed by atoms with Crippen molar-refractivity contribution < 1.29 is 0 Å². The Morgan fingerprint density at radius 2 is 2.29 bits per heavy atom. The molecular formula is C10H19N3S. The van der Waals surface area contributed by atoms with Crippen molar-refractivity contribution in [3.05, 3.63) is 16.6 Å². The lowest BCUT2D eigenvalue weighted by molar-refractivity contribution is 0.193. The summed E-state index contributed by atoms with van der Waals surface area (Å²) in [5.41, 5.74) is 8.67. The molecule has 0 aliphatic carbocycles. The van der Waals surface area contributed by atoms with E-state index >= 15 is 0 Å². The molecule has 2 unspecified atom stereocenters. The SMILES string of the molecule is CC(CN)C(C)N(C)Cc1cscn1. The zero-order chi connectivity index (χ0) is 10.6. The lowest BCUT2D eigenvalue weighted by Gasteiger charge is -2.28. The van der Waals surface area contributed by atoms with E-state index in [2.05, 4.69) is 36.2 Å². The Balaban J connectivity index is 2.45. The van der Waals surface area contributed by atoms with E-state index in [9.17, 15) is 0 Å². The molecule has 3 nitrogen and oxygen atoms in total. The maximum Gasteiger partial charge on any atom is 0.0795 e. The Bertz CT molecular complexity index is 248. The summed E-state index contributed by atoms with van der Waals surface area (Å²) < 4.78 is 0. The first-order valence-corrected chi connectivity index (χ1v) is 5.86. The van der Waals surface area contributed by atoms with Gasteiger partial charge in [-0.3, -0.25) is 4.90 Å². The lowest BCUT2D eigenvalue weighted by Crippen LogP contribution is -2.37. The number of thiazole rings is 1. The van der Waals surface area contributed by atoms with Gasteiger partial charge in [-0.2, -0.15) is 0 Å². The van der Waals surface area contributed by atoms with Crippen molar-refractivity contribution in [1.82, 2.24) is 9.88 Å². The zero-order valence-electron chi connectivity index (χ0n) is 9.10. The van der Waals surface area contributed by atoms with Gasteiger partial charge in [-0.15, -0.1) is 11.3 Å². The highest BCUT2D eigenvalue weighted by Gasteiger charge is 2.15. The first kappa shape index (κ1) is 11.6. The summed E-state index contributed by atoms with van der Waals surface area (Å²) in [5, 5.41) is 2.09. The minimum atomic E-state index is 0.502. The van der Waals surface area contributed by atoms with E-state index in [0.717, 1.165) is 18.8 Å². The van der Waals surface area contributed by atoms with Gasteiger partial charge in [0, 0.05) is 18.0 Å². The van der Waals surface area contributed by atoms with Gasteiger partial charge >= 0.3 is 0 Å². The molecule has 0 aliphatic rings. The molecule has 1 aromatic heterocycles. The predicted octanol–water partition coefficient (Wildman–Crippen LogP) is 1.56.